The van der Waals surface area contributed by atoms with Crippen LogP contribution in [0.25, 0.3) is 33.2 Å². The quantitative estimate of drug-likeness (QED) is 0.224. The molecule has 0 amide bonds. The SMILES string of the molecule is C1=CCCC(c2ccc3c4ccccc4n(-c4ccc(C5N=C(c6ccccc6)NC(c6ccccc6)N5)cn4)c3c2)=C1. The highest BCUT2D eigenvalue weighted by molar-refractivity contribution is 6.09. The van der Waals surface area contributed by atoms with E-state index >= 15 is 0 Å². The molecule has 208 valence electrons. The minimum Gasteiger partial charge on any atom is -0.350 e. The highest BCUT2D eigenvalue weighted by Gasteiger charge is 2.25. The van der Waals surface area contributed by atoms with Gasteiger partial charge in [-0.3, -0.25) is 9.88 Å². The first kappa shape index (κ1) is 25.5. The van der Waals surface area contributed by atoms with Crippen LogP contribution in [0.15, 0.2) is 145 Å². The van der Waals surface area contributed by atoms with E-state index in [0.717, 1.165) is 46.7 Å². The molecule has 8 rings (SSSR count). The molecule has 5 heteroatoms. The molecule has 2 N–H and O–H groups in total. The topological polar surface area (TPSA) is 54.2 Å². The summed E-state index contributed by atoms with van der Waals surface area (Å²) in [5, 5.41) is 9.75. The molecule has 5 nitrogen and oxygen atoms in total. The summed E-state index contributed by atoms with van der Waals surface area (Å²) in [6, 6.07) is 40.5. The highest BCUT2D eigenvalue weighted by atomic mass is 15.3. The minimum atomic E-state index is -0.251. The Morgan fingerprint density at radius 1 is 0.698 bits per heavy atom. The van der Waals surface area contributed by atoms with Crippen LogP contribution in [0, 0.1) is 0 Å². The molecular formula is C38H31N5. The number of nitrogens with one attached hydrogen (secondary N) is 2. The predicted molar refractivity (Wildman–Crippen MR) is 176 cm³/mol. The molecule has 0 fully saturated rings. The van der Waals surface area contributed by atoms with E-state index in [1.54, 1.807) is 0 Å². The van der Waals surface area contributed by atoms with Gasteiger partial charge in [-0.25, -0.2) is 9.98 Å². The Morgan fingerprint density at radius 3 is 2.28 bits per heavy atom. The summed E-state index contributed by atoms with van der Waals surface area (Å²) in [7, 11) is 0. The van der Waals surface area contributed by atoms with E-state index in [2.05, 4.69) is 124 Å². The van der Waals surface area contributed by atoms with E-state index in [1.807, 2.05) is 30.5 Å². The first-order valence-corrected chi connectivity index (χ1v) is 14.9. The third-order valence-electron chi connectivity index (χ3n) is 8.42. The van der Waals surface area contributed by atoms with Crippen molar-refractivity contribution in [2.45, 2.75) is 25.2 Å². The number of para-hydroxylation sites is 1. The first-order valence-electron chi connectivity index (χ1n) is 14.9. The number of aliphatic imine (C=N–C) groups is 1. The van der Waals surface area contributed by atoms with E-state index in [-0.39, 0.29) is 12.3 Å². The Labute approximate surface area is 250 Å². The molecule has 3 heterocycles. The Morgan fingerprint density at radius 2 is 1.49 bits per heavy atom. The Kier molecular flexibility index (Phi) is 6.43. The largest absolute Gasteiger partial charge is 0.350 e. The number of pyridine rings is 1. The fourth-order valence-electron chi connectivity index (χ4n) is 6.24. The summed E-state index contributed by atoms with van der Waals surface area (Å²) in [5.41, 5.74) is 8.20. The summed E-state index contributed by atoms with van der Waals surface area (Å²) < 4.78 is 2.29. The summed E-state index contributed by atoms with van der Waals surface area (Å²) >= 11 is 0. The standard InChI is InChI=1S/C38H31N5/c1-4-12-26(13-5-1)29-20-22-32-31-18-10-11-19-33(31)43(34(32)24-29)35-23-21-30(25-39-35)38-41-36(27-14-6-2-7-15-27)40-37(42-38)28-16-8-3-9-17-28/h1-4,6-12,14-25,36,38,41H,5,13H2,(H,40,42). The number of fused-ring (bicyclic) bond motifs is 3. The number of allylic oxidation sites excluding steroid dienone is 4. The maximum atomic E-state index is 5.09. The number of hydrogen-bond donors (Lipinski definition) is 2. The van der Waals surface area contributed by atoms with Gasteiger partial charge < -0.3 is 5.32 Å². The zero-order valence-corrected chi connectivity index (χ0v) is 23.7. The number of aromatic nitrogens is 2. The molecule has 2 unspecified atom stereocenters. The van der Waals surface area contributed by atoms with Gasteiger partial charge in [0.2, 0.25) is 0 Å². The second kappa shape index (κ2) is 10.9. The van der Waals surface area contributed by atoms with Crippen LogP contribution in [0.5, 0.6) is 0 Å². The lowest BCUT2D eigenvalue weighted by atomic mass is 9.96. The van der Waals surface area contributed by atoms with Crippen molar-refractivity contribution in [3.8, 4) is 5.82 Å². The van der Waals surface area contributed by atoms with Gasteiger partial charge in [0.25, 0.3) is 0 Å². The number of hydrogen-bond acceptors (Lipinski definition) is 4. The summed E-state index contributed by atoms with van der Waals surface area (Å²) in [4.78, 5) is 10.1. The zero-order chi connectivity index (χ0) is 28.6. The van der Waals surface area contributed by atoms with Gasteiger partial charge in [-0.15, -0.1) is 0 Å². The minimum absolute atomic E-state index is 0.0849. The molecule has 2 aliphatic rings. The van der Waals surface area contributed by atoms with Crippen LogP contribution in [-0.4, -0.2) is 15.4 Å². The van der Waals surface area contributed by atoms with E-state index in [0.29, 0.717) is 0 Å². The van der Waals surface area contributed by atoms with Crippen molar-refractivity contribution in [3.05, 3.63) is 162 Å². The van der Waals surface area contributed by atoms with E-state index < -0.39 is 0 Å². The molecule has 1 aliphatic carbocycles. The van der Waals surface area contributed by atoms with Gasteiger partial charge in [-0.1, -0.05) is 115 Å². The molecule has 2 atom stereocenters. The molecule has 0 spiro atoms. The zero-order valence-electron chi connectivity index (χ0n) is 23.7. The van der Waals surface area contributed by atoms with Gasteiger partial charge in [0, 0.05) is 28.1 Å². The summed E-state index contributed by atoms with van der Waals surface area (Å²) in [5.74, 6) is 1.76. The number of amidine groups is 1. The average molecular weight is 558 g/mol. The van der Waals surface area contributed by atoms with Crippen molar-refractivity contribution >= 4 is 33.2 Å². The smallest absolute Gasteiger partial charge is 0.137 e. The van der Waals surface area contributed by atoms with Crippen molar-refractivity contribution in [1.29, 1.82) is 0 Å². The fourth-order valence-corrected chi connectivity index (χ4v) is 6.24. The molecule has 1 aliphatic heterocycles. The van der Waals surface area contributed by atoms with Crippen molar-refractivity contribution in [2.24, 2.45) is 4.99 Å². The number of nitrogens with zero attached hydrogens (tertiary/aromatic N) is 3. The number of benzene rings is 4. The van der Waals surface area contributed by atoms with Gasteiger partial charge in [0.15, 0.2) is 0 Å². The second-order valence-corrected chi connectivity index (χ2v) is 11.1. The van der Waals surface area contributed by atoms with Crippen LogP contribution in [0.3, 0.4) is 0 Å². The van der Waals surface area contributed by atoms with E-state index in [9.17, 15) is 0 Å². The maximum Gasteiger partial charge on any atom is 0.137 e. The molecule has 0 radical (unpaired) electrons. The molecule has 2 aromatic heterocycles. The van der Waals surface area contributed by atoms with Gasteiger partial charge in [0.1, 0.15) is 24.0 Å². The predicted octanol–water partition coefficient (Wildman–Crippen LogP) is 8.25. The molecule has 0 bridgehead atoms. The lowest BCUT2D eigenvalue weighted by Gasteiger charge is -2.32. The molecule has 43 heavy (non-hydrogen) atoms. The Hall–Kier alpha value is -5.26. The van der Waals surface area contributed by atoms with E-state index in [1.165, 1.54) is 27.4 Å². The third-order valence-corrected chi connectivity index (χ3v) is 8.42. The van der Waals surface area contributed by atoms with Crippen LogP contribution in [0.2, 0.25) is 0 Å². The Balaban J connectivity index is 1.20. The van der Waals surface area contributed by atoms with Gasteiger partial charge in [-0.2, -0.15) is 0 Å². The van der Waals surface area contributed by atoms with Gasteiger partial charge >= 0.3 is 0 Å². The number of rotatable bonds is 5. The first-order chi connectivity index (χ1) is 21.3. The van der Waals surface area contributed by atoms with Gasteiger partial charge in [0.05, 0.1) is 11.0 Å². The van der Waals surface area contributed by atoms with Crippen molar-refractivity contribution < 1.29 is 0 Å². The van der Waals surface area contributed by atoms with Crippen LogP contribution < -0.4 is 10.6 Å². The fraction of sp³-hybridized carbons (Fsp3) is 0.105. The monoisotopic (exact) mass is 557 g/mol. The summed E-state index contributed by atoms with van der Waals surface area (Å²) in [6.45, 7) is 0. The van der Waals surface area contributed by atoms with Crippen molar-refractivity contribution in [3.63, 3.8) is 0 Å². The van der Waals surface area contributed by atoms with Crippen LogP contribution in [-0.2, 0) is 0 Å². The molecule has 0 saturated heterocycles. The third kappa shape index (κ3) is 4.74. The van der Waals surface area contributed by atoms with Crippen molar-refractivity contribution in [1.82, 2.24) is 20.2 Å². The highest BCUT2D eigenvalue weighted by Crippen LogP contribution is 2.35. The summed E-state index contributed by atoms with van der Waals surface area (Å²) in [6.07, 6.45) is 10.4. The molecule has 4 aromatic carbocycles. The normalized spacial score (nSPS) is 18.3. The lowest BCUT2D eigenvalue weighted by molar-refractivity contribution is 0.408. The van der Waals surface area contributed by atoms with Crippen LogP contribution in [0.4, 0.5) is 0 Å². The second-order valence-electron chi connectivity index (χ2n) is 11.1. The maximum absolute atomic E-state index is 5.09. The Bertz CT molecular complexity index is 2020. The van der Waals surface area contributed by atoms with Crippen LogP contribution in [0.1, 0.15) is 47.4 Å². The average Bonchev–Trinajstić information content (AvgIpc) is 3.43. The van der Waals surface area contributed by atoms with E-state index in [4.69, 9.17) is 9.98 Å². The molecule has 6 aromatic rings. The molecular weight excluding hydrogens is 526 g/mol. The van der Waals surface area contributed by atoms with Crippen molar-refractivity contribution in [2.75, 3.05) is 0 Å². The van der Waals surface area contributed by atoms with Gasteiger partial charge in [-0.05, 0) is 47.7 Å². The molecule has 0 saturated carbocycles. The lowest BCUT2D eigenvalue weighted by Crippen LogP contribution is -2.44. The van der Waals surface area contributed by atoms with Crippen LogP contribution >= 0.6 is 0 Å².